The third kappa shape index (κ3) is 3.47. The van der Waals surface area contributed by atoms with E-state index in [0.29, 0.717) is 25.1 Å². The van der Waals surface area contributed by atoms with Crippen LogP contribution in [0.4, 0.5) is 0 Å². The second-order valence-electron chi connectivity index (χ2n) is 5.63. The minimum absolute atomic E-state index is 0.206. The van der Waals surface area contributed by atoms with E-state index < -0.39 is 5.60 Å². The second kappa shape index (κ2) is 6.80. The summed E-state index contributed by atoms with van der Waals surface area (Å²) in [5, 5.41) is 13.0. The third-order valence-corrected chi connectivity index (χ3v) is 5.38. The van der Waals surface area contributed by atoms with E-state index in [9.17, 15) is 14.7 Å². The number of hydrogen-bond acceptors (Lipinski definition) is 4. The Morgan fingerprint density at radius 1 is 1.60 bits per heavy atom. The molecule has 0 aliphatic carbocycles. The molecule has 2 amide bonds. The predicted octanol–water partition coefficient (Wildman–Crippen LogP) is 0.762. The molecule has 114 valence electrons. The van der Waals surface area contributed by atoms with Crippen LogP contribution in [0.3, 0.4) is 0 Å². The zero-order valence-corrected chi connectivity index (χ0v) is 12.9. The maximum absolute atomic E-state index is 12.0. The van der Waals surface area contributed by atoms with Gasteiger partial charge in [0.15, 0.2) is 5.60 Å². The van der Waals surface area contributed by atoms with Crippen molar-refractivity contribution in [1.29, 1.82) is 0 Å². The second-order valence-corrected chi connectivity index (χ2v) is 6.74. The van der Waals surface area contributed by atoms with Crippen molar-refractivity contribution in [3.8, 4) is 0 Å². The molecule has 2 fully saturated rings. The molecule has 0 aromatic rings. The molecule has 6 heteroatoms. The normalized spacial score (nSPS) is 27.9. The molecule has 2 unspecified atom stereocenters. The van der Waals surface area contributed by atoms with Gasteiger partial charge in [0, 0.05) is 31.3 Å². The molecular formula is C14H24N2O3S. The summed E-state index contributed by atoms with van der Waals surface area (Å²) in [6, 6.07) is 0.206. The number of amides is 2. The molecule has 0 spiro atoms. The Hall–Kier alpha value is -0.750. The first-order chi connectivity index (χ1) is 9.57. The largest absolute Gasteiger partial charge is 0.379 e. The fourth-order valence-electron chi connectivity index (χ4n) is 2.89. The van der Waals surface area contributed by atoms with Crippen molar-refractivity contribution >= 4 is 23.6 Å². The molecule has 2 aliphatic rings. The average Bonchev–Trinajstić information content (AvgIpc) is 3.05. The number of aliphatic hydroxyl groups is 1. The van der Waals surface area contributed by atoms with Crippen molar-refractivity contribution in [3.05, 3.63) is 0 Å². The highest BCUT2D eigenvalue weighted by Gasteiger charge is 2.39. The summed E-state index contributed by atoms with van der Waals surface area (Å²) in [6.45, 7) is 3.43. The maximum Gasteiger partial charge on any atom is 0.252 e. The van der Waals surface area contributed by atoms with Crippen molar-refractivity contribution in [2.24, 2.45) is 0 Å². The molecule has 5 nitrogen and oxygen atoms in total. The average molecular weight is 300 g/mol. The number of thioether (sulfide) groups is 1. The SMILES string of the molecule is CCC(CCNC(=O)C1(O)CCSC1)N1CCCC1=O. The van der Waals surface area contributed by atoms with Gasteiger partial charge in [-0.05, 0) is 31.4 Å². The molecule has 0 bridgehead atoms. The highest BCUT2D eigenvalue weighted by atomic mass is 32.2. The number of rotatable bonds is 6. The monoisotopic (exact) mass is 300 g/mol. The van der Waals surface area contributed by atoms with Crippen LogP contribution in [0.5, 0.6) is 0 Å². The van der Waals surface area contributed by atoms with E-state index in [1.54, 1.807) is 11.8 Å². The topological polar surface area (TPSA) is 69.6 Å². The minimum Gasteiger partial charge on any atom is -0.379 e. The number of carbonyl (C=O) groups excluding carboxylic acids is 2. The smallest absolute Gasteiger partial charge is 0.252 e. The van der Waals surface area contributed by atoms with Crippen molar-refractivity contribution in [3.63, 3.8) is 0 Å². The highest BCUT2D eigenvalue weighted by Crippen LogP contribution is 2.27. The molecule has 0 saturated carbocycles. The van der Waals surface area contributed by atoms with Crippen LogP contribution in [0.25, 0.3) is 0 Å². The molecule has 2 saturated heterocycles. The molecule has 2 heterocycles. The Morgan fingerprint density at radius 3 is 2.95 bits per heavy atom. The Bertz CT molecular complexity index is 369. The van der Waals surface area contributed by atoms with E-state index in [-0.39, 0.29) is 17.9 Å². The highest BCUT2D eigenvalue weighted by molar-refractivity contribution is 7.99. The van der Waals surface area contributed by atoms with Crippen LogP contribution in [0, 0.1) is 0 Å². The third-order valence-electron chi connectivity index (χ3n) is 4.21. The fraction of sp³-hybridized carbons (Fsp3) is 0.857. The van der Waals surface area contributed by atoms with Crippen LogP contribution in [0.2, 0.25) is 0 Å². The lowest BCUT2D eigenvalue weighted by atomic mass is 10.0. The summed E-state index contributed by atoms with van der Waals surface area (Å²) < 4.78 is 0. The van der Waals surface area contributed by atoms with Gasteiger partial charge in [-0.15, -0.1) is 0 Å². The van der Waals surface area contributed by atoms with Gasteiger partial charge < -0.3 is 15.3 Å². The van der Waals surface area contributed by atoms with E-state index in [1.807, 2.05) is 4.90 Å². The van der Waals surface area contributed by atoms with Gasteiger partial charge in [0.2, 0.25) is 5.91 Å². The Kier molecular flexibility index (Phi) is 5.32. The number of hydrogen-bond donors (Lipinski definition) is 2. The molecule has 0 aromatic heterocycles. The zero-order valence-electron chi connectivity index (χ0n) is 12.1. The van der Waals surface area contributed by atoms with Gasteiger partial charge in [-0.3, -0.25) is 9.59 Å². The molecule has 2 rings (SSSR count). The first kappa shape index (κ1) is 15.6. The van der Waals surface area contributed by atoms with Crippen LogP contribution in [-0.2, 0) is 9.59 Å². The Labute approximate surface area is 124 Å². The van der Waals surface area contributed by atoms with E-state index >= 15 is 0 Å². The van der Waals surface area contributed by atoms with E-state index in [1.165, 1.54) is 0 Å². The molecule has 2 atom stereocenters. The lowest BCUT2D eigenvalue weighted by molar-refractivity contribution is -0.137. The quantitative estimate of drug-likeness (QED) is 0.760. The predicted molar refractivity (Wildman–Crippen MR) is 79.5 cm³/mol. The summed E-state index contributed by atoms with van der Waals surface area (Å²) in [7, 11) is 0. The van der Waals surface area contributed by atoms with Gasteiger partial charge >= 0.3 is 0 Å². The lowest BCUT2D eigenvalue weighted by Crippen LogP contribution is -2.48. The van der Waals surface area contributed by atoms with Crippen LogP contribution in [0.15, 0.2) is 0 Å². The first-order valence-electron chi connectivity index (χ1n) is 7.45. The summed E-state index contributed by atoms with van der Waals surface area (Å²) >= 11 is 1.61. The number of carbonyl (C=O) groups is 2. The summed E-state index contributed by atoms with van der Waals surface area (Å²) in [6.07, 6.45) is 3.79. The van der Waals surface area contributed by atoms with Crippen LogP contribution in [0.1, 0.15) is 39.0 Å². The van der Waals surface area contributed by atoms with Gasteiger partial charge in [-0.25, -0.2) is 0 Å². The van der Waals surface area contributed by atoms with Gasteiger partial charge in [-0.2, -0.15) is 11.8 Å². The van der Waals surface area contributed by atoms with Crippen molar-refractivity contribution in [1.82, 2.24) is 10.2 Å². The Balaban J connectivity index is 1.76. The standard InChI is InChI=1S/C14H24N2O3S/c1-2-11(16-8-3-4-12(16)17)5-7-15-13(18)14(19)6-9-20-10-14/h11,19H,2-10H2,1H3,(H,15,18). The van der Waals surface area contributed by atoms with E-state index in [4.69, 9.17) is 0 Å². The summed E-state index contributed by atoms with van der Waals surface area (Å²) in [4.78, 5) is 25.6. The first-order valence-corrected chi connectivity index (χ1v) is 8.60. The number of nitrogens with one attached hydrogen (secondary N) is 1. The van der Waals surface area contributed by atoms with Gasteiger partial charge in [-0.1, -0.05) is 6.92 Å². The summed E-state index contributed by atoms with van der Waals surface area (Å²) in [5.41, 5.74) is -1.18. The van der Waals surface area contributed by atoms with Crippen LogP contribution < -0.4 is 5.32 Å². The lowest BCUT2D eigenvalue weighted by Gasteiger charge is -2.27. The molecule has 0 radical (unpaired) electrons. The number of likely N-dealkylation sites (tertiary alicyclic amines) is 1. The minimum atomic E-state index is -1.18. The molecule has 0 aromatic carbocycles. The van der Waals surface area contributed by atoms with Crippen LogP contribution >= 0.6 is 11.8 Å². The number of nitrogens with zero attached hydrogens (tertiary/aromatic N) is 1. The molecule has 2 N–H and O–H groups in total. The van der Waals surface area contributed by atoms with E-state index in [0.717, 1.165) is 31.6 Å². The fourth-order valence-corrected chi connectivity index (χ4v) is 4.13. The molecule has 2 aliphatic heterocycles. The van der Waals surface area contributed by atoms with Gasteiger partial charge in [0.25, 0.3) is 5.91 Å². The van der Waals surface area contributed by atoms with E-state index in [2.05, 4.69) is 12.2 Å². The molecule has 20 heavy (non-hydrogen) atoms. The van der Waals surface area contributed by atoms with Crippen molar-refractivity contribution < 1.29 is 14.7 Å². The zero-order chi connectivity index (χ0) is 14.6. The van der Waals surface area contributed by atoms with Gasteiger partial charge in [0.05, 0.1) is 0 Å². The Morgan fingerprint density at radius 2 is 2.40 bits per heavy atom. The van der Waals surface area contributed by atoms with Crippen molar-refractivity contribution in [2.45, 2.75) is 50.7 Å². The van der Waals surface area contributed by atoms with Gasteiger partial charge in [0.1, 0.15) is 0 Å². The molecular weight excluding hydrogens is 276 g/mol. The summed E-state index contributed by atoms with van der Waals surface area (Å²) in [5.74, 6) is 1.30. The van der Waals surface area contributed by atoms with Crippen molar-refractivity contribution in [2.75, 3.05) is 24.6 Å². The van der Waals surface area contributed by atoms with Crippen LogP contribution in [-0.4, -0.2) is 58.1 Å². The maximum atomic E-state index is 12.0.